The molecule has 0 aliphatic rings. The van der Waals surface area contributed by atoms with E-state index in [4.69, 9.17) is 0 Å². The largest absolute Gasteiger partial charge is 2.00 e. The smallest absolute Gasteiger partial charge is 1.00 e. The molecule has 0 aromatic heterocycles. The van der Waals surface area contributed by atoms with Crippen molar-refractivity contribution in [1.29, 1.82) is 0 Å². The first-order valence-corrected chi connectivity index (χ1v) is 4.21. The summed E-state index contributed by atoms with van der Waals surface area (Å²) in [7, 11) is 0. The molecule has 0 bridgehead atoms. The van der Waals surface area contributed by atoms with Crippen LogP contribution in [0.25, 0.3) is 0 Å². The van der Waals surface area contributed by atoms with Crippen molar-refractivity contribution in [2.24, 2.45) is 0 Å². The molecule has 0 saturated carbocycles. The van der Waals surface area contributed by atoms with Gasteiger partial charge in [0.2, 0.25) is 0 Å². The van der Waals surface area contributed by atoms with E-state index in [1.54, 1.807) is 0 Å². The predicted octanol–water partition coefficient (Wildman–Crippen LogP) is 0.194. The van der Waals surface area contributed by atoms with Gasteiger partial charge in [0.15, 0.2) is 0 Å². The third-order valence-electron chi connectivity index (χ3n) is 1.60. The molecule has 0 heterocycles. The fourth-order valence-corrected chi connectivity index (χ4v) is 0.957. The van der Waals surface area contributed by atoms with Crippen molar-refractivity contribution < 1.29 is 4.70 Å². The molecule has 64 valence electrons. The van der Waals surface area contributed by atoms with Gasteiger partial charge in [-0.25, -0.2) is 0 Å². The molecule has 0 amide bonds. The number of hydrogen-bond donors (Lipinski definition) is 0. The predicted molar refractivity (Wildman–Crippen MR) is 49.1 cm³/mol. The van der Waals surface area contributed by atoms with Crippen LogP contribution in [-0.2, 0) is 0 Å². The summed E-state index contributed by atoms with van der Waals surface area (Å²) >= 11 is 0. The second kappa shape index (κ2) is 17.0. The number of unbranched alkanes of at least 4 members (excludes halogenated alkanes) is 6. The standard InChI is InChI=1S/C9H19.FH.Mg/c1-3-5-7-9-8-6-4-2;;/h1,3-9H2,2H3;1H;/q-1;;+2/p-1. The van der Waals surface area contributed by atoms with E-state index in [1.165, 1.54) is 38.5 Å². The topological polar surface area (TPSA) is 0 Å². The minimum atomic E-state index is 0. The van der Waals surface area contributed by atoms with Crippen LogP contribution >= 0.6 is 0 Å². The molecule has 0 aromatic rings. The van der Waals surface area contributed by atoms with Crippen LogP contribution < -0.4 is 4.70 Å². The Hall–Kier alpha value is 0.696. The Balaban J connectivity index is -0.000000320. The molecule has 0 fully saturated rings. The zero-order chi connectivity index (χ0) is 6.95. The van der Waals surface area contributed by atoms with Crippen LogP contribution in [0.3, 0.4) is 0 Å². The molecule has 0 aliphatic heterocycles. The molecular weight excluding hydrogens is 151 g/mol. The Labute approximate surface area is 86.7 Å². The van der Waals surface area contributed by atoms with Crippen molar-refractivity contribution in [2.45, 2.75) is 51.9 Å². The van der Waals surface area contributed by atoms with Crippen molar-refractivity contribution in [3.8, 4) is 0 Å². The van der Waals surface area contributed by atoms with Crippen LogP contribution in [0.4, 0.5) is 0 Å². The Morgan fingerprint density at radius 3 is 1.82 bits per heavy atom. The first kappa shape index (κ1) is 17.7. The fourth-order valence-electron chi connectivity index (χ4n) is 0.957. The van der Waals surface area contributed by atoms with Crippen molar-refractivity contribution >= 4 is 23.1 Å². The summed E-state index contributed by atoms with van der Waals surface area (Å²) in [5, 5.41) is 0. The average Bonchev–Trinajstić information content (AvgIpc) is 1.89. The van der Waals surface area contributed by atoms with Gasteiger partial charge in [0.25, 0.3) is 0 Å². The summed E-state index contributed by atoms with van der Waals surface area (Å²) < 4.78 is 0. The Morgan fingerprint density at radius 1 is 0.909 bits per heavy atom. The summed E-state index contributed by atoms with van der Waals surface area (Å²) in [5.74, 6) is 0. The number of halogens is 1. The van der Waals surface area contributed by atoms with Gasteiger partial charge in [0, 0.05) is 0 Å². The second-order valence-electron chi connectivity index (χ2n) is 2.62. The summed E-state index contributed by atoms with van der Waals surface area (Å²) in [6.45, 7) is 6.05. The minimum absolute atomic E-state index is 0. The van der Waals surface area contributed by atoms with E-state index in [9.17, 15) is 0 Å². The summed E-state index contributed by atoms with van der Waals surface area (Å²) in [6.07, 6.45) is 9.45. The normalized spacial score (nSPS) is 8.18. The zero-order valence-electron chi connectivity index (χ0n) is 7.74. The number of rotatable bonds is 6. The maximum Gasteiger partial charge on any atom is 2.00 e. The van der Waals surface area contributed by atoms with E-state index in [0.29, 0.717) is 0 Å². The van der Waals surface area contributed by atoms with Gasteiger partial charge in [0.1, 0.15) is 0 Å². The van der Waals surface area contributed by atoms with Gasteiger partial charge in [-0.1, -0.05) is 45.4 Å². The molecular formula is C9H19FMg. The van der Waals surface area contributed by atoms with Crippen molar-refractivity contribution in [2.75, 3.05) is 0 Å². The third-order valence-corrected chi connectivity index (χ3v) is 1.60. The zero-order valence-corrected chi connectivity index (χ0v) is 9.16. The Bertz CT molecular complexity index is 42.8. The second-order valence-corrected chi connectivity index (χ2v) is 2.62. The molecule has 0 atom stereocenters. The molecule has 0 radical (unpaired) electrons. The first-order chi connectivity index (χ1) is 4.41. The SMILES string of the molecule is [CH2-]CCCCCCCC.[F-].[Mg+2]. The van der Waals surface area contributed by atoms with E-state index in [1.807, 2.05) is 0 Å². The molecule has 0 aliphatic carbocycles. The molecule has 2 heteroatoms. The minimum Gasteiger partial charge on any atom is -1.00 e. The molecule has 0 aromatic carbocycles. The summed E-state index contributed by atoms with van der Waals surface area (Å²) in [4.78, 5) is 0. The molecule has 0 saturated heterocycles. The van der Waals surface area contributed by atoms with Gasteiger partial charge < -0.3 is 11.6 Å². The van der Waals surface area contributed by atoms with Gasteiger partial charge in [-0.15, -0.1) is 0 Å². The third kappa shape index (κ3) is 18.0. The van der Waals surface area contributed by atoms with Gasteiger partial charge in [-0.05, 0) is 0 Å². The Morgan fingerprint density at radius 2 is 1.36 bits per heavy atom. The van der Waals surface area contributed by atoms with E-state index in [2.05, 4.69) is 13.8 Å². The molecule has 0 unspecified atom stereocenters. The van der Waals surface area contributed by atoms with Gasteiger partial charge in [-0.3, -0.25) is 0 Å². The maximum absolute atomic E-state index is 3.80. The van der Waals surface area contributed by atoms with Gasteiger partial charge in [-0.2, -0.15) is 6.42 Å². The first-order valence-electron chi connectivity index (χ1n) is 4.21. The molecule has 0 nitrogen and oxygen atoms in total. The summed E-state index contributed by atoms with van der Waals surface area (Å²) in [5.41, 5.74) is 0. The van der Waals surface area contributed by atoms with E-state index in [0.717, 1.165) is 6.42 Å². The van der Waals surface area contributed by atoms with Crippen LogP contribution in [-0.4, -0.2) is 23.1 Å². The van der Waals surface area contributed by atoms with Crippen molar-refractivity contribution in [3.63, 3.8) is 0 Å². The van der Waals surface area contributed by atoms with E-state index >= 15 is 0 Å². The van der Waals surface area contributed by atoms with Crippen LogP contribution in [0.2, 0.25) is 0 Å². The van der Waals surface area contributed by atoms with Crippen molar-refractivity contribution in [1.82, 2.24) is 0 Å². The van der Waals surface area contributed by atoms with Gasteiger partial charge in [0.05, 0.1) is 0 Å². The fraction of sp³-hybridized carbons (Fsp3) is 0.889. The van der Waals surface area contributed by atoms with Crippen molar-refractivity contribution in [3.05, 3.63) is 6.92 Å². The molecule has 0 N–H and O–H groups in total. The monoisotopic (exact) mass is 170 g/mol. The van der Waals surface area contributed by atoms with Crippen LogP contribution in [0, 0.1) is 6.92 Å². The maximum atomic E-state index is 3.80. The van der Waals surface area contributed by atoms with Crippen LogP contribution in [0.5, 0.6) is 0 Å². The Kier molecular flexibility index (Phi) is 27.3. The average molecular weight is 171 g/mol. The van der Waals surface area contributed by atoms with Gasteiger partial charge >= 0.3 is 23.1 Å². The van der Waals surface area contributed by atoms with Crippen LogP contribution in [0.15, 0.2) is 0 Å². The molecule has 0 rings (SSSR count). The molecule has 11 heavy (non-hydrogen) atoms. The van der Waals surface area contributed by atoms with Crippen LogP contribution in [0.1, 0.15) is 51.9 Å². The van der Waals surface area contributed by atoms with E-state index in [-0.39, 0.29) is 27.8 Å². The number of hydrogen-bond acceptors (Lipinski definition) is 0. The molecule has 0 spiro atoms. The quantitative estimate of drug-likeness (QED) is 0.303. The van der Waals surface area contributed by atoms with E-state index < -0.39 is 0 Å². The summed E-state index contributed by atoms with van der Waals surface area (Å²) in [6, 6.07) is 0.